The van der Waals surface area contributed by atoms with E-state index in [0.29, 0.717) is 22.7 Å². The largest absolute Gasteiger partial charge is 0.496 e. The smallest absolute Gasteiger partial charge is 0.270 e. The number of hydrogen-bond acceptors (Lipinski definition) is 4. The lowest BCUT2D eigenvalue weighted by atomic mass is 10.1. The second-order valence-electron chi connectivity index (χ2n) is 6.16. The fraction of sp³-hybridized carbons (Fsp3) is 0.136. The molecule has 3 aromatic rings. The van der Waals surface area contributed by atoms with Gasteiger partial charge in [0, 0.05) is 23.7 Å². The number of nitrogens with zero attached hydrogens (tertiary/aromatic N) is 2. The predicted molar refractivity (Wildman–Crippen MR) is 109 cm³/mol. The molecule has 146 valence electrons. The van der Waals surface area contributed by atoms with E-state index in [9.17, 15) is 9.59 Å². The second kappa shape index (κ2) is 8.76. The summed E-state index contributed by atoms with van der Waals surface area (Å²) in [6.45, 7) is 0.172. The van der Waals surface area contributed by atoms with Gasteiger partial charge >= 0.3 is 0 Å². The number of benzene rings is 2. The highest BCUT2D eigenvalue weighted by Gasteiger charge is 2.15. The van der Waals surface area contributed by atoms with Crippen LogP contribution in [0.5, 0.6) is 5.75 Å². The van der Waals surface area contributed by atoms with Crippen LogP contribution in [0.25, 0.3) is 11.3 Å². The maximum atomic E-state index is 12.5. The van der Waals surface area contributed by atoms with Crippen LogP contribution in [0.4, 0.5) is 0 Å². The summed E-state index contributed by atoms with van der Waals surface area (Å²) in [5, 5.41) is 7.17. The van der Waals surface area contributed by atoms with Gasteiger partial charge in [-0.25, -0.2) is 0 Å². The van der Waals surface area contributed by atoms with E-state index in [1.165, 1.54) is 4.68 Å². The molecule has 7 nitrogen and oxygen atoms in total. The number of ether oxygens (including phenoxy) is 1. The van der Waals surface area contributed by atoms with Crippen molar-refractivity contribution in [2.45, 2.75) is 0 Å². The molecular weight excluding hydrogens is 368 g/mol. The summed E-state index contributed by atoms with van der Waals surface area (Å²) >= 11 is 0. The molecule has 2 aromatic carbocycles. The third-order valence-corrected chi connectivity index (χ3v) is 4.23. The number of methoxy groups -OCH3 is 1. The van der Waals surface area contributed by atoms with Gasteiger partial charge in [-0.2, -0.15) is 5.10 Å². The van der Waals surface area contributed by atoms with Crippen molar-refractivity contribution in [3.8, 4) is 28.8 Å². The quantitative estimate of drug-likeness (QED) is 0.653. The van der Waals surface area contributed by atoms with Crippen LogP contribution in [0, 0.1) is 11.8 Å². The van der Waals surface area contributed by atoms with Crippen LogP contribution in [0.1, 0.15) is 26.4 Å². The number of hydrogen-bond donors (Lipinski definition) is 2. The van der Waals surface area contributed by atoms with Gasteiger partial charge in [0.1, 0.15) is 11.4 Å². The second-order valence-corrected chi connectivity index (χ2v) is 6.16. The van der Waals surface area contributed by atoms with Gasteiger partial charge in [-0.05, 0) is 42.5 Å². The van der Waals surface area contributed by atoms with Gasteiger partial charge in [-0.3, -0.25) is 14.3 Å². The minimum absolute atomic E-state index is 0.172. The number of amides is 2. The van der Waals surface area contributed by atoms with Crippen molar-refractivity contribution in [3.05, 3.63) is 71.4 Å². The summed E-state index contributed by atoms with van der Waals surface area (Å²) in [6.07, 6.45) is 0. The molecule has 0 aliphatic heterocycles. The van der Waals surface area contributed by atoms with Gasteiger partial charge in [0.25, 0.3) is 5.91 Å². The van der Waals surface area contributed by atoms with Crippen molar-refractivity contribution in [3.63, 3.8) is 0 Å². The first-order valence-corrected chi connectivity index (χ1v) is 8.84. The topological polar surface area (TPSA) is 99.2 Å². The molecule has 29 heavy (non-hydrogen) atoms. The molecule has 0 spiro atoms. The van der Waals surface area contributed by atoms with Crippen molar-refractivity contribution < 1.29 is 14.3 Å². The highest BCUT2D eigenvalue weighted by Crippen LogP contribution is 2.28. The summed E-state index contributed by atoms with van der Waals surface area (Å²) in [5.41, 5.74) is 8.23. The Kier molecular flexibility index (Phi) is 5.95. The number of primary amides is 1. The zero-order valence-corrected chi connectivity index (χ0v) is 16.1. The molecular formula is C22H20N4O3. The van der Waals surface area contributed by atoms with E-state index in [2.05, 4.69) is 22.3 Å². The van der Waals surface area contributed by atoms with Crippen molar-refractivity contribution >= 4 is 11.8 Å². The van der Waals surface area contributed by atoms with Gasteiger partial charge in [-0.1, -0.05) is 24.0 Å². The molecule has 0 aliphatic carbocycles. The standard InChI is InChI=1S/C22H20N4O3/c1-26-19(14-18(25-26)17-7-3-4-8-20(17)29-2)22(28)24-13-5-6-15-9-11-16(12-10-15)21(23)27/h3-4,7-12,14H,13H2,1-2H3,(H2,23,27)(H,24,28). The third kappa shape index (κ3) is 4.62. The fourth-order valence-electron chi connectivity index (χ4n) is 2.75. The molecule has 0 aliphatic rings. The Morgan fingerprint density at radius 2 is 1.90 bits per heavy atom. The minimum Gasteiger partial charge on any atom is -0.496 e. The number of nitrogens with two attached hydrogens (primary N) is 1. The Morgan fingerprint density at radius 1 is 1.17 bits per heavy atom. The van der Waals surface area contributed by atoms with E-state index in [-0.39, 0.29) is 12.5 Å². The van der Waals surface area contributed by atoms with E-state index in [4.69, 9.17) is 10.5 Å². The number of carbonyl (C=O) groups is 2. The lowest BCUT2D eigenvalue weighted by Gasteiger charge is -2.04. The average Bonchev–Trinajstić information content (AvgIpc) is 3.13. The van der Waals surface area contributed by atoms with Gasteiger partial charge in [-0.15, -0.1) is 0 Å². The van der Waals surface area contributed by atoms with E-state index < -0.39 is 5.91 Å². The van der Waals surface area contributed by atoms with Gasteiger partial charge in [0.15, 0.2) is 0 Å². The van der Waals surface area contributed by atoms with Crippen molar-refractivity contribution in [1.29, 1.82) is 0 Å². The van der Waals surface area contributed by atoms with E-state index >= 15 is 0 Å². The van der Waals surface area contributed by atoms with Crippen LogP contribution in [0.3, 0.4) is 0 Å². The van der Waals surface area contributed by atoms with Crippen LogP contribution in [0.2, 0.25) is 0 Å². The van der Waals surface area contributed by atoms with Gasteiger partial charge < -0.3 is 15.8 Å². The molecule has 0 radical (unpaired) electrons. The van der Waals surface area contributed by atoms with Crippen LogP contribution in [-0.2, 0) is 7.05 Å². The number of para-hydroxylation sites is 1. The molecule has 0 bridgehead atoms. The van der Waals surface area contributed by atoms with E-state index in [0.717, 1.165) is 11.1 Å². The molecule has 1 aromatic heterocycles. The molecule has 3 rings (SSSR count). The third-order valence-electron chi connectivity index (χ3n) is 4.23. The molecule has 0 saturated heterocycles. The first-order chi connectivity index (χ1) is 14.0. The van der Waals surface area contributed by atoms with Gasteiger partial charge in [0.2, 0.25) is 5.91 Å². The monoisotopic (exact) mass is 388 g/mol. The van der Waals surface area contributed by atoms with Crippen LogP contribution in [0.15, 0.2) is 54.6 Å². The Balaban J connectivity index is 1.66. The zero-order valence-electron chi connectivity index (χ0n) is 16.1. The van der Waals surface area contributed by atoms with Crippen molar-refractivity contribution in [1.82, 2.24) is 15.1 Å². The molecule has 3 N–H and O–H groups in total. The Bertz CT molecular complexity index is 1110. The molecule has 7 heteroatoms. The van der Waals surface area contributed by atoms with Crippen LogP contribution in [-0.4, -0.2) is 35.2 Å². The number of rotatable bonds is 5. The fourth-order valence-corrected chi connectivity index (χ4v) is 2.75. The number of nitrogens with one attached hydrogen (secondary N) is 1. The molecule has 0 unspecified atom stereocenters. The summed E-state index contributed by atoms with van der Waals surface area (Å²) in [4.78, 5) is 23.5. The summed E-state index contributed by atoms with van der Waals surface area (Å²) in [5.74, 6) is 5.72. The van der Waals surface area contributed by atoms with E-state index in [1.807, 2.05) is 24.3 Å². The SMILES string of the molecule is COc1ccccc1-c1cc(C(=O)NCC#Cc2ccc(C(N)=O)cc2)n(C)n1. The zero-order chi connectivity index (χ0) is 20.8. The number of carbonyl (C=O) groups excluding carboxylic acids is 2. The van der Waals surface area contributed by atoms with Crippen LogP contribution >= 0.6 is 0 Å². The first kappa shape index (κ1) is 19.7. The Morgan fingerprint density at radius 3 is 2.59 bits per heavy atom. The summed E-state index contributed by atoms with van der Waals surface area (Å²) in [7, 11) is 3.30. The van der Waals surface area contributed by atoms with E-state index in [1.54, 1.807) is 44.5 Å². The van der Waals surface area contributed by atoms with Crippen molar-refractivity contribution in [2.24, 2.45) is 12.8 Å². The maximum Gasteiger partial charge on any atom is 0.270 e. The number of aryl methyl sites for hydroxylation is 1. The Labute approximate surface area is 168 Å². The number of aromatic nitrogens is 2. The molecule has 0 fully saturated rings. The molecule has 1 heterocycles. The Hall–Kier alpha value is -4.05. The predicted octanol–water partition coefficient (Wildman–Crippen LogP) is 1.98. The maximum absolute atomic E-state index is 12.5. The van der Waals surface area contributed by atoms with Crippen LogP contribution < -0.4 is 15.8 Å². The first-order valence-electron chi connectivity index (χ1n) is 8.84. The summed E-state index contributed by atoms with van der Waals surface area (Å²) in [6, 6.07) is 15.8. The highest BCUT2D eigenvalue weighted by atomic mass is 16.5. The molecule has 0 saturated carbocycles. The lowest BCUT2D eigenvalue weighted by Crippen LogP contribution is -2.25. The lowest BCUT2D eigenvalue weighted by molar-refractivity contribution is 0.0948. The minimum atomic E-state index is -0.486. The average molecular weight is 388 g/mol. The summed E-state index contributed by atoms with van der Waals surface area (Å²) < 4.78 is 6.88. The normalized spacial score (nSPS) is 10.0. The molecule has 0 atom stereocenters. The van der Waals surface area contributed by atoms with Gasteiger partial charge in [0.05, 0.1) is 19.3 Å². The highest BCUT2D eigenvalue weighted by molar-refractivity contribution is 5.94. The van der Waals surface area contributed by atoms with Crippen molar-refractivity contribution in [2.75, 3.05) is 13.7 Å². The molecule has 2 amide bonds.